The minimum atomic E-state index is -0.560. The van der Waals surface area contributed by atoms with Crippen LogP contribution in [-0.2, 0) is 4.79 Å². The Balaban J connectivity index is 4.70. The molecule has 0 aliphatic rings. The monoisotopic (exact) mass is 228 g/mol. The molecule has 3 heteroatoms. The van der Waals surface area contributed by atoms with Crippen LogP contribution in [0.2, 0.25) is 0 Å². The zero-order chi connectivity index (χ0) is 13.1. The molecule has 0 aromatic heterocycles. The second kappa shape index (κ2) is 5.17. The van der Waals surface area contributed by atoms with Crippen LogP contribution in [-0.4, -0.2) is 17.5 Å². The first kappa shape index (κ1) is 15.4. The maximum atomic E-state index is 12.2. The van der Waals surface area contributed by atoms with E-state index in [9.17, 15) is 4.79 Å². The molecule has 0 saturated carbocycles. The summed E-state index contributed by atoms with van der Waals surface area (Å²) < 4.78 is 0. The van der Waals surface area contributed by atoms with Crippen molar-refractivity contribution in [3.8, 4) is 0 Å². The smallest absolute Gasteiger partial charge is 0.227 e. The van der Waals surface area contributed by atoms with Crippen molar-refractivity contribution in [1.82, 2.24) is 5.32 Å². The van der Waals surface area contributed by atoms with E-state index < -0.39 is 11.0 Å². The summed E-state index contributed by atoms with van der Waals surface area (Å²) in [5.41, 5.74) is 4.96. The second-order valence-corrected chi connectivity index (χ2v) is 6.08. The van der Waals surface area contributed by atoms with Crippen LogP contribution in [0.4, 0.5) is 0 Å². The summed E-state index contributed by atoms with van der Waals surface area (Å²) in [7, 11) is 0. The summed E-state index contributed by atoms with van der Waals surface area (Å²) in [6.07, 6.45) is 0.949. The van der Waals surface area contributed by atoms with Gasteiger partial charge in [0.05, 0.1) is 5.41 Å². The van der Waals surface area contributed by atoms with E-state index in [4.69, 9.17) is 5.73 Å². The fraction of sp³-hybridized carbons (Fsp3) is 0.923. The molecular weight excluding hydrogens is 200 g/mol. The first-order valence-corrected chi connectivity index (χ1v) is 6.13. The van der Waals surface area contributed by atoms with Crippen LogP contribution in [0.5, 0.6) is 0 Å². The molecule has 0 rings (SSSR count). The van der Waals surface area contributed by atoms with Crippen molar-refractivity contribution in [2.75, 3.05) is 0 Å². The van der Waals surface area contributed by atoms with Gasteiger partial charge in [0.15, 0.2) is 0 Å². The number of amides is 1. The fourth-order valence-corrected chi connectivity index (χ4v) is 1.38. The van der Waals surface area contributed by atoms with E-state index in [1.54, 1.807) is 0 Å². The van der Waals surface area contributed by atoms with Crippen LogP contribution in [0.1, 0.15) is 54.9 Å². The molecule has 0 heterocycles. The molecule has 16 heavy (non-hydrogen) atoms. The molecule has 0 aliphatic heterocycles. The first-order chi connectivity index (χ1) is 7.04. The van der Waals surface area contributed by atoms with E-state index in [1.807, 2.05) is 27.7 Å². The Bertz CT molecular complexity index is 239. The predicted octanol–water partition coefficient (Wildman–Crippen LogP) is 2.30. The lowest BCUT2D eigenvalue weighted by molar-refractivity contribution is -0.133. The van der Waals surface area contributed by atoms with Gasteiger partial charge < -0.3 is 11.1 Å². The van der Waals surface area contributed by atoms with Crippen molar-refractivity contribution in [2.45, 2.75) is 66.5 Å². The van der Waals surface area contributed by atoms with Crippen LogP contribution < -0.4 is 11.1 Å². The molecule has 0 aromatic carbocycles. The molecule has 3 nitrogen and oxygen atoms in total. The van der Waals surface area contributed by atoms with Gasteiger partial charge in [-0.05, 0) is 40.0 Å². The largest absolute Gasteiger partial charge is 0.353 e. The molecule has 0 aliphatic carbocycles. The maximum Gasteiger partial charge on any atom is 0.227 e. The topological polar surface area (TPSA) is 55.1 Å². The number of hydrogen-bond donors (Lipinski definition) is 2. The third-order valence-electron chi connectivity index (χ3n) is 3.74. The summed E-state index contributed by atoms with van der Waals surface area (Å²) in [6.45, 7) is 13.9. The number of nitrogens with one attached hydrogen (secondary N) is 1. The Morgan fingerprint density at radius 2 is 1.69 bits per heavy atom. The Labute approximate surface area is 100 Å². The maximum absolute atomic E-state index is 12.2. The van der Waals surface area contributed by atoms with Crippen LogP contribution in [0.25, 0.3) is 0 Å². The molecule has 0 bridgehead atoms. The summed E-state index contributed by atoms with van der Waals surface area (Å²) in [5.74, 6) is 0.492. The molecule has 0 saturated heterocycles. The van der Waals surface area contributed by atoms with Crippen LogP contribution in [0, 0.1) is 11.3 Å². The van der Waals surface area contributed by atoms with Crippen molar-refractivity contribution >= 4 is 5.91 Å². The average molecular weight is 228 g/mol. The van der Waals surface area contributed by atoms with Crippen molar-refractivity contribution in [1.29, 1.82) is 0 Å². The predicted molar refractivity (Wildman–Crippen MR) is 69.1 cm³/mol. The Morgan fingerprint density at radius 3 is 1.94 bits per heavy atom. The van der Waals surface area contributed by atoms with Crippen LogP contribution in [0.3, 0.4) is 0 Å². The van der Waals surface area contributed by atoms with Gasteiger partial charge in [-0.25, -0.2) is 0 Å². The molecule has 0 spiro atoms. The third kappa shape index (κ3) is 3.48. The summed E-state index contributed by atoms with van der Waals surface area (Å²) in [5, 5.41) is 3.09. The average Bonchev–Trinajstić information content (AvgIpc) is 2.11. The quantitative estimate of drug-likeness (QED) is 0.758. The fourth-order valence-electron chi connectivity index (χ4n) is 1.38. The number of hydrogen-bond acceptors (Lipinski definition) is 2. The third-order valence-corrected chi connectivity index (χ3v) is 3.74. The molecule has 0 radical (unpaired) electrons. The highest BCUT2D eigenvalue weighted by molar-refractivity contribution is 5.83. The highest BCUT2D eigenvalue weighted by Gasteiger charge is 2.41. The van der Waals surface area contributed by atoms with Crippen molar-refractivity contribution in [2.24, 2.45) is 17.1 Å². The van der Waals surface area contributed by atoms with Gasteiger partial charge in [0.25, 0.3) is 0 Å². The summed E-state index contributed by atoms with van der Waals surface area (Å²) in [6, 6.07) is 0.231. The van der Waals surface area contributed by atoms with E-state index in [-0.39, 0.29) is 11.9 Å². The summed E-state index contributed by atoms with van der Waals surface area (Å²) in [4.78, 5) is 12.2. The lowest BCUT2D eigenvalue weighted by Crippen LogP contribution is -2.57. The Hall–Kier alpha value is -0.570. The van der Waals surface area contributed by atoms with Crippen molar-refractivity contribution < 1.29 is 4.79 Å². The van der Waals surface area contributed by atoms with E-state index in [0.717, 1.165) is 6.42 Å². The highest BCUT2D eigenvalue weighted by Crippen LogP contribution is 2.28. The second-order valence-electron chi connectivity index (χ2n) is 6.08. The van der Waals surface area contributed by atoms with Gasteiger partial charge in [-0.1, -0.05) is 20.8 Å². The molecule has 3 N–H and O–H groups in total. The Morgan fingerprint density at radius 1 is 1.25 bits per heavy atom. The number of carbonyl (C=O) groups excluding carboxylic acids is 1. The number of nitrogens with two attached hydrogens (primary N) is 1. The number of rotatable bonds is 5. The SMILES string of the molecule is CCC(NC(=O)C(C)(C)C(C)(C)N)C(C)C. The lowest BCUT2D eigenvalue weighted by Gasteiger charge is -2.38. The van der Waals surface area contributed by atoms with Gasteiger partial charge >= 0.3 is 0 Å². The van der Waals surface area contributed by atoms with Gasteiger partial charge in [-0.15, -0.1) is 0 Å². The highest BCUT2D eigenvalue weighted by atomic mass is 16.2. The van der Waals surface area contributed by atoms with Crippen molar-refractivity contribution in [3.63, 3.8) is 0 Å². The zero-order valence-electron chi connectivity index (χ0n) is 11.8. The normalized spacial score (nSPS) is 15.1. The van der Waals surface area contributed by atoms with Gasteiger partial charge in [-0.2, -0.15) is 0 Å². The molecule has 1 atom stereocenters. The molecule has 0 fully saturated rings. The van der Waals surface area contributed by atoms with E-state index in [1.165, 1.54) is 0 Å². The van der Waals surface area contributed by atoms with Gasteiger partial charge in [0.1, 0.15) is 0 Å². The molecule has 1 unspecified atom stereocenters. The van der Waals surface area contributed by atoms with E-state index in [0.29, 0.717) is 5.92 Å². The Kier molecular flexibility index (Phi) is 4.99. The zero-order valence-corrected chi connectivity index (χ0v) is 11.8. The number of carbonyl (C=O) groups is 1. The van der Waals surface area contributed by atoms with E-state index >= 15 is 0 Å². The van der Waals surface area contributed by atoms with Gasteiger partial charge in [-0.3, -0.25) is 4.79 Å². The molecular formula is C13H28N2O. The minimum Gasteiger partial charge on any atom is -0.353 e. The lowest BCUT2D eigenvalue weighted by atomic mass is 9.74. The minimum absolute atomic E-state index is 0.0422. The van der Waals surface area contributed by atoms with Crippen LogP contribution >= 0.6 is 0 Å². The van der Waals surface area contributed by atoms with Crippen molar-refractivity contribution in [3.05, 3.63) is 0 Å². The van der Waals surface area contributed by atoms with Gasteiger partial charge in [0.2, 0.25) is 5.91 Å². The first-order valence-electron chi connectivity index (χ1n) is 6.13. The molecule has 0 aromatic rings. The molecule has 1 amide bonds. The standard InChI is InChI=1S/C13H28N2O/c1-8-10(9(2)3)15-11(16)12(4,5)13(6,7)14/h9-10H,8,14H2,1-7H3,(H,15,16). The van der Waals surface area contributed by atoms with Gasteiger partial charge in [0, 0.05) is 11.6 Å². The van der Waals surface area contributed by atoms with Crippen LogP contribution in [0.15, 0.2) is 0 Å². The van der Waals surface area contributed by atoms with E-state index in [2.05, 4.69) is 26.1 Å². The molecule has 96 valence electrons. The summed E-state index contributed by atoms with van der Waals surface area (Å²) >= 11 is 0.